The van der Waals surface area contributed by atoms with Gasteiger partial charge in [0.2, 0.25) is 5.91 Å². The summed E-state index contributed by atoms with van der Waals surface area (Å²) in [5.74, 6) is 0.00561. The first-order valence-corrected chi connectivity index (χ1v) is 6.13. The molecule has 1 aromatic rings. The minimum Gasteiger partial charge on any atom is -0.497 e. The third-order valence-corrected chi connectivity index (χ3v) is 2.84. The molecule has 102 valence electrons. The van der Waals surface area contributed by atoms with Crippen molar-refractivity contribution in [2.75, 3.05) is 19.0 Å². The normalized spacial score (nSPS) is 13.8. The number of nitrogens with one attached hydrogen (secondary N) is 2. The van der Waals surface area contributed by atoms with Gasteiger partial charge in [-0.25, -0.2) is 0 Å². The molecule has 0 saturated heterocycles. The van der Waals surface area contributed by atoms with Crippen LogP contribution in [0.2, 0.25) is 0 Å². The smallest absolute Gasteiger partial charge is 0.253 e. The summed E-state index contributed by atoms with van der Waals surface area (Å²) >= 11 is 0. The monoisotopic (exact) mass is 263 g/mol. The highest BCUT2D eigenvalue weighted by molar-refractivity contribution is 6.04. The lowest BCUT2D eigenvalue weighted by Crippen LogP contribution is -2.28. The number of carbonyl (C=O) groups is 2. The molecule has 0 bridgehead atoms. The molecule has 4 N–H and O–H groups in total. The van der Waals surface area contributed by atoms with Crippen molar-refractivity contribution < 1.29 is 14.3 Å². The zero-order valence-corrected chi connectivity index (χ0v) is 10.7. The fourth-order valence-electron chi connectivity index (χ4n) is 1.64. The molecular formula is C13H17N3O3. The van der Waals surface area contributed by atoms with Crippen molar-refractivity contribution in [2.45, 2.75) is 18.9 Å². The molecule has 0 atom stereocenters. The molecule has 0 heterocycles. The van der Waals surface area contributed by atoms with E-state index in [-0.39, 0.29) is 24.4 Å². The molecule has 6 heteroatoms. The number of hydrogen-bond acceptors (Lipinski definition) is 4. The molecule has 19 heavy (non-hydrogen) atoms. The Morgan fingerprint density at radius 1 is 1.42 bits per heavy atom. The van der Waals surface area contributed by atoms with Crippen molar-refractivity contribution in [3.8, 4) is 5.75 Å². The van der Waals surface area contributed by atoms with Gasteiger partial charge >= 0.3 is 0 Å². The minimum atomic E-state index is -0.342. The molecule has 2 rings (SSSR count). The van der Waals surface area contributed by atoms with Crippen LogP contribution >= 0.6 is 0 Å². The second-order valence-electron chi connectivity index (χ2n) is 4.41. The number of rotatable bonds is 5. The highest BCUT2D eigenvalue weighted by Crippen LogP contribution is 2.24. The molecule has 1 aliphatic carbocycles. The highest BCUT2D eigenvalue weighted by atomic mass is 16.5. The van der Waals surface area contributed by atoms with Crippen LogP contribution in [-0.2, 0) is 4.79 Å². The third-order valence-electron chi connectivity index (χ3n) is 2.84. The van der Waals surface area contributed by atoms with E-state index in [4.69, 9.17) is 10.5 Å². The summed E-state index contributed by atoms with van der Waals surface area (Å²) in [6.07, 6.45) is 2.00. The Balaban J connectivity index is 2.24. The lowest BCUT2D eigenvalue weighted by atomic mass is 10.1. The van der Waals surface area contributed by atoms with Gasteiger partial charge in [0.25, 0.3) is 5.91 Å². The number of amides is 2. The average molecular weight is 263 g/mol. The van der Waals surface area contributed by atoms with E-state index in [2.05, 4.69) is 10.6 Å². The van der Waals surface area contributed by atoms with E-state index in [0.717, 1.165) is 12.8 Å². The Morgan fingerprint density at radius 2 is 2.16 bits per heavy atom. The summed E-state index contributed by atoms with van der Waals surface area (Å²) in [6.45, 7) is -0.129. The van der Waals surface area contributed by atoms with Gasteiger partial charge < -0.3 is 21.1 Å². The van der Waals surface area contributed by atoms with E-state index in [0.29, 0.717) is 17.0 Å². The zero-order valence-electron chi connectivity index (χ0n) is 10.7. The molecule has 0 unspecified atom stereocenters. The number of nitrogens with two attached hydrogens (primary N) is 1. The van der Waals surface area contributed by atoms with Crippen LogP contribution in [0, 0.1) is 0 Å². The molecule has 1 fully saturated rings. The van der Waals surface area contributed by atoms with E-state index in [1.165, 1.54) is 7.11 Å². The molecule has 2 amide bonds. The largest absolute Gasteiger partial charge is 0.497 e. The van der Waals surface area contributed by atoms with Gasteiger partial charge in [0, 0.05) is 6.04 Å². The number of benzene rings is 1. The van der Waals surface area contributed by atoms with Crippen molar-refractivity contribution in [2.24, 2.45) is 5.73 Å². The highest BCUT2D eigenvalue weighted by Gasteiger charge is 2.25. The van der Waals surface area contributed by atoms with Crippen LogP contribution in [0.5, 0.6) is 5.75 Å². The van der Waals surface area contributed by atoms with E-state index < -0.39 is 0 Å². The van der Waals surface area contributed by atoms with Crippen LogP contribution in [0.3, 0.4) is 0 Å². The van der Waals surface area contributed by atoms with Gasteiger partial charge in [-0.2, -0.15) is 0 Å². The topological polar surface area (TPSA) is 93.4 Å². The number of hydrogen-bond donors (Lipinski definition) is 3. The quantitative estimate of drug-likeness (QED) is 0.720. The first kappa shape index (κ1) is 13.4. The van der Waals surface area contributed by atoms with Gasteiger partial charge in [-0.3, -0.25) is 9.59 Å². The van der Waals surface area contributed by atoms with Crippen LogP contribution in [0.1, 0.15) is 23.2 Å². The predicted molar refractivity (Wildman–Crippen MR) is 71.2 cm³/mol. The molecule has 1 saturated carbocycles. The van der Waals surface area contributed by atoms with Crippen molar-refractivity contribution in [3.05, 3.63) is 23.8 Å². The second kappa shape index (κ2) is 5.71. The van der Waals surface area contributed by atoms with Crippen molar-refractivity contribution >= 4 is 17.5 Å². The summed E-state index contributed by atoms with van der Waals surface area (Å²) in [6, 6.07) is 5.16. The van der Waals surface area contributed by atoms with Crippen molar-refractivity contribution in [3.63, 3.8) is 0 Å². The van der Waals surface area contributed by atoms with Crippen molar-refractivity contribution in [1.82, 2.24) is 5.32 Å². The third kappa shape index (κ3) is 3.45. The first-order chi connectivity index (χ1) is 9.13. The van der Waals surface area contributed by atoms with Crippen LogP contribution < -0.4 is 21.1 Å². The fourth-order valence-corrected chi connectivity index (χ4v) is 1.64. The summed E-state index contributed by atoms with van der Waals surface area (Å²) in [4.78, 5) is 23.5. The van der Waals surface area contributed by atoms with E-state index in [1.54, 1.807) is 18.2 Å². The molecule has 0 aliphatic heterocycles. The average Bonchev–Trinajstić information content (AvgIpc) is 3.22. The maximum Gasteiger partial charge on any atom is 0.253 e. The zero-order chi connectivity index (χ0) is 13.8. The van der Waals surface area contributed by atoms with Crippen molar-refractivity contribution in [1.29, 1.82) is 0 Å². The Morgan fingerprint density at radius 3 is 2.74 bits per heavy atom. The molecule has 0 aromatic heterocycles. The number of anilines is 1. The Labute approximate surface area is 111 Å². The molecule has 6 nitrogen and oxygen atoms in total. The summed E-state index contributed by atoms with van der Waals surface area (Å²) < 4.78 is 5.09. The van der Waals surface area contributed by atoms with Gasteiger partial charge in [0.05, 0.1) is 24.9 Å². The molecular weight excluding hydrogens is 246 g/mol. The summed E-state index contributed by atoms with van der Waals surface area (Å²) in [5.41, 5.74) is 6.08. The van der Waals surface area contributed by atoms with E-state index in [1.807, 2.05) is 0 Å². The first-order valence-electron chi connectivity index (χ1n) is 6.13. The molecule has 0 spiro atoms. The minimum absolute atomic E-state index is 0.129. The maximum absolute atomic E-state index is 12.1. The number of methoxy groups -OCH3 is 1. The Kier molecular flexibility index (Phi) is 4.01. The second-order valence-corrected chi connectivity index (χ2v) is 4.41. The lowest BCUT2D eigenvalue weighted by Gasteiger charge is -2.12. The predicted octanol–water partition coefficient (Wildman–Crippen LogP) is 0.485. The maximum atomic E-state index is 12.1. The molecule has 1 aromatic carbocycles. The van der Waals surface area contributed by atoms with Crippen LogP contribution in [0.4, 0.5) is 5.69 Å². The standard InChI is InChI=1S/C13H17N3O3/c1-19-9-4-5-11(16-12(17)7-14)10(6-9)13(18)15-8-2-3-8/h4-6,8H,2-3,7,14H2,1H3,(H,15,18)(H,16,17). The molecule has 0 radical (unpaired) electrons. The van der Waals surface area contributed by atoms with Gasteiger partial charge in [-0.05, 0) is 31.0 Å². The Hall–Kier alpha value is -2.08. The van der Waals surface area contributed by atoms with Crippen LogP contribution in [-0.4, -0.2) is 31.5 Å². The van der Waals surface area contributed by atoms with Gasteiger partial charge in [-0.15, -0.1) is 0 Å². The van der Waals surface area contributed by atoms with Crippen LogP contribution in [0.15, 0.2) is 18.2 Å². The molecule has 1 aliphatic rings. The number of carbonyl (C=O) groups excluding carboxylic acids is 2. The number of ether oxygens (including phenoxy) is 1. The SMILES string of the molecule is COc1ccc(NC(=O)CN)c(C(=O)NC2CC2)c1. The summed E-state index contributed by atoms with van der Waals surface area (Å²) in [7, 11) is 1.52. The lowest BCUT2D eigenvalue weighted by molar-refractivity contribution is -0.114. The van der Waals surface area contributed by atoms with Gasteiger partial charge in [-0.1, -0.05) is 0 Å². The van der Waals surface area contributed by atoms with E-state index >= 15 is 0 Å². The fraction of sp³-hybridized carbons (Fsp3) is 0.385. The van der Waals surface area contributed by atoms with Gasteiger partial charge in [0.15, 0.2) is 0 Å². The Bertz CT molecular complexity index is 498. The summed E-state index contributed by atoms with van der Waals surface area (Å²) in [5, 5.41) is 5.48. The van der Waals surface area contributed by atoms with Gasteiger partial charge in [0.1, 0.15) is 5.75 Å². The van der Waals surface area contributed by atoms with Crippen LogP contribution in [0.25, 0.3) is 0 Å². The van der Waals surface area contributed by atoms with E-state index in [9.17, 15) is 9.59 Å².